The van der Waals surface area contributed by atoms with Crippen LogP contribution < -0.4 is 30.8 Å². The first-order chi connectivity index (χ1) is 13.8. The Kier molecular flexibility index (Phi) is 6.38. The summed E-state index contributed by atoms with van der Waals surface area (Å²) in [6, 6.07) is 11.1. The Morgan fingerprint density at radius 3 is 2.66 bits per heavy atom. The van der Waals surface area contributed by atoms with E-state index in [-0.39, 0.29) is 22.6 Å². The maximum absolute atomic E-state index is 12.7. The molecule has 5 N–H and O–H groups in total. The van der Waals surface area contributed by atoms with Crippen LogP contribution in [-0.2, 0) is 14.8 Å². The summed E-state index contributed by atoms with van der Waals surface area (Å²) in [4.78, 5) is 12.6. The second-order valence-corrected chi connectivity index (χ2v) is 8.03. The molecule has 2 aromatic rings. The molecule has 1 amide bonds. The number of hydrazine groups is 1. The van der Waals surface area contributed by atoms with E-state index in [9.17, 15) is 13.2 Å². The molecule has 2 aromatic carbocycles. The van der Waals surface area contributed by atoms with Crippen molar-refractivity contribution in [1.82, 2.24) is 10.9 Å². The number of nitrogens with one attached hydrogen (secondary N) is 3. The van der Waals surface area contributed by atoms with Gasteiger partial charge in [-0.3, -0.25) is 4.79 Å². The predicted molar refractivity (Wildman–Crippen MR) is 108 cm³/mol. The van der Waals surface area contributed by atoms with Crippen LogP contribution in [0.3, 0.4) is 0 Å². The molecule has 0 aromatic heterocycles. The van der Waals surface area contributed by atoms with E-state index < -0.39 is 16.1 Å². The standard InChI is InChI=1S/C19H24N4O5S/c1-3-28-16-7-5-4-6-13(16)21-19(24)15-11-14(22-23-15)12-8-9-17(27-2)18(10-12)29(20,25)26/h4-10,14-15,22-23H,3,11H2,1-2H3,(H,21,24)(H2,20,25,26). The molecule has 0 saturated carbocycles. The highest BCUT2D eigenvalue weighted by Crippen LogP contribution is 2.30. The summed E-state index contributed by atoms with van der Waals surface area (Å²) >= 11 is 0. The molecule has 10 heteroatoms. The number of ether oxygens (including phenoxy) is 2. The van der Waals surface area contributed by atoms with Crippen LogP contribution in [0.4, 0.5) is 5.69 Å². The second kappa shape index (κ2) is 8.78. The van der Waals surface area contributed by atoms with Gasteiger partial charge in [-0.15, -0.1) is 0 Å². The predicted octanol–water partition coefficient (Wildman–Crippen LogP) is 1.29. The Balaban J connectivity index is 1.73. The molecule has 29 heavy (non-hydrogen) atoms. The van der Waals surface area contributed by atoms with Crippen molar-refractivity contribution in [3.8, 4) is 11.5 Å². The fourth-order valence-corrected chi connectivity index (χ4v) is 3.88. The van der Waals surface area contributed by atoms with E-state index in [2.05, 4.69) is 16.2 Å². The molecule has 0 bridgehead atoms. The van der Waals surface area contributed by atoms with Crippen molar-refractivity contribution in [2.45, 2.75) is 30.3 Å². The topological polar surface area (TPSA) is 132 Å². The van der Waals surface area contributed by atoms with Gasteiger partial charge in [-0.05, 0) is 43.2 Å². The molecule has 1 aliphatic rings. The molecule has 2 unspecified atom stereocenters. The largest absolute Gasteiger partial charge is 0.495 e. The number of benzene rings is 2. The lowest BCUT2D eigenvalue weighted by molar-refractivity contribution is -0.117. The summed E-state index contributed by atoms with van der Waals surface area (Å²) in [5, 5.41) is 8.14. The molecule has 1 aliphatic heterocycles. The highest BCUT2D eigenvalue weighted by molar-refractivity contribution is 7.89. The van der Waals surface area contributed by atoms with Crippen LogP contribution in [0.1, 0.15) is 24.9 Å². The average molecular weight is 420 g/mol. The molecule has 3 rings (SSSR count). The zero-order valence-corrected chi connectivity index (χ0v) is 17.0. The van der Waals surface area contributed by atoms with E-state index in [1.54, 1.807) is 24.3 Å². The lowest BCUT2D eigenvalue weighted by Crippen LogP contribution is -2.39. The highest BCUT2D eigenvalue weighted by atomic mass is 32.2. The third-order valence-electron chi connectivity index (χ3n) is 4.56. The summed E-state index contributed by atoms with van der Waals surface area (Å²) in [6.45, 7) is 2.36. The van der Waals surface area contributed by atoms with E-state index in [0.717, 1.165) is 0 Å². The fourth-order valence-electron chi connectivity index (χ4n) is 3.15. The van der Waals surface area contributed by atoms with E-state index in [1.165, 1.54) is 13.2 Å². The van der Waals surface area contributed by atoms with Crippen LogP contribution in [0.2, 0.25) is 0 Å². The van der Waals surface area contributed by atoms with Gasteiger partial charge in [-0.25, -0.2) is 24.4 Å². The van der Waals surface area contributed by atoms with Gasteiger partial charge in [0.05, 0.1) is 19.4 Å². The average Bonchev–Trinajstić information content (AvgIpc) is 3.19. The first kappa shape index (κ1) is 21.1. The number of hydrogen-bond donors (Lipinski definition) is 4. The fraction of sp³-hybridized carbons (Fsp3) is 0.316. The number of amides is 1. The van der Waals surface area contributed by atoms with Gasteiger partial charge in [0.2, 0.25) is 15.9 Å². The minimum absolute atomic E-state index is 0.0992. The number of hydrogen-bond acceptors (Lipinski definition) is 7. The number of carbonyl (C=O) groups is 1. The molecule has 1 saturated heterocycles. The molecule has 0 spiro atoms. The number of rotatable bonds is 7. The maximum atomic E-state index is 12.7. The van der Waals surface area contributed by atoms with Gasteiger partial charge in [0.15, 0.2) is 0 Å². The Hall–Kier alpha value is -2.66. The normalized spacial score (nSPS) is 19.0. The maximum Gasteiger partial charge on any atom is 0.243 e. The molecular formula is C19H24N4O5S. The van der Waals surface area contributed by atoms with Crippen LogP contribution in [0, 0.1) is 0 Å². The van der Waals surface area contributed by atoms with Crippen molar-refractivity contribution in [1.29, 1.82) is 0 Å². The zero-order chi connectivity index (χ0) is 21.0. The van der Waals surface area contributed by atoms with Crippen molar-refractivity contribution >= 4 is 21.6 Å². The van der Waals surface area contributed by atoms with Gasteiger partial charge in [-0.2, -0.15) is 0 Å². The van der Waals surface area contributed by atoms with Crippen LogP contribution in [-0.4, -0.2) is 34.1 Å². The van der Waals surface area contributed by atoms with E-state index in [0.29, 0.717) is 30.0 Å². The van der Waals surface area contributed by atoms with Crippen LogP contribution >= 0.6 is 0 Å². The Labute approximate surface area is 169 Å². The smallest absolute Gasteiger partial charge is 0.243 e. The summed E-state index contributed by atoms with van der Waals surface area (Å²) < 4.78 is 34.3. The first-order valence-corrected chi connectivity index (χ1v) is 10.6. The van der Waals surface area contributed by atoms with Crippen molar-refractivity contribution in [3.05, 3.63) is 48.0 Å². The second-order valence-electron chi connectivity index (χ2n) is 6.50. The highest BCUT2D eigenvalue weighted by Gasteiger charge is 2.31. The van der Waals surface area contributed by atoms with Crippen LogP contribution in [0.15, 0.2) is 47.4 Å². The summed E-state index contributed by atoms with van der Waals surface area (Å²) in [5.41, 5.74) is 7.24. The first-order valence-electron chi connectivity index (χ1n) is 9.08. The van der Waals surface area contributed by atoms with E-state index in [1.807, 2.05) is 19.1 Å². The van der Waals surface area contributed by atoms with Crippen molar-refractivity contribution in [2.75, 3.05) is 19.0 Å². The zero-order valence-electron chi connectivity index (χ0n) is 16.1. The van der Waals surface area contributed by atoms with E-state index in [4.69, 9.17) is 14.6 Å². The quantitative estimate of drug-likeness (QED) is 0.531. The minimum Gasteiger partial charge on any atom is -0.495 e. The SMILES string of the molecule is CCOc1ccccc1NC(=O)C1CC(c2ccc(OC)c(S(N)(=O)=O)c2)NN1. The van der Waals surface area contributed by atoms with Crippen molar-refractivity contribution in [3.63, 3.8) is 0 Å². The molecule has 0 aliphatic carbocycles. The Morgan fingerprint density at radius 2 is 1.97 bits per heavy atom. The van der Waals surface area contributed by atoms with Crippen LogP contribution in [0.25, 0.3) is 0 Å². The van der Waals surface area contributed by atoms with Crippen molar-refractivity contribution in [2.24, 2.45) is 5.14 Å². The number of para-hydroxylation sites is 2. The Morgan fingerprint density at radius 1 is 1.21 bits per heavy atom. The van der Waals surface area contributed by atoms with Gasteiger partial charge in [-0.1, -0.05) is 18.2 Å². The van der Waals surface area contributed by atoms with E-state index >= 15 is 0 Å². The van der Waals surface area contributed by atoms with Gasteiger partial charge < -0.3 is 14.8 Å². The number of sulfonamides is 1. The van der Waals surface area contributed by atoms with Gasteiger partial charge in [0.25, 0.3) is 0 Å². The van der Waals surface area contributed by atoms with Gasteiger partial charge in [0.1, 0.15) is 22.4 Å². The van der Waals surface area contributed by atoms with Gasteiger partial charge >= 0.3 is 0 Å². The lowest BCUT2D eigenvalue weighted by Gasteiger charge is -2.14. The molecule has 1 heterocycles. The lowest BCUT2D eigenvalue weighted by atomic mass is 10.0. The monoisotopic (exact) mass is 420 g/mol. The molecular weight excluding hydrogens is 396 g/mol. The van der Waals surface area contributed by atoms with Gasteiger partial charge in [0, 0.05) is 6.04 Å². The number of methoxy groups -OCH3 is 1. The molecule has 2 atom stereocenters. The molecule has 0 radical (unpaired) electrons. The Bertz CT molecular complexity index is 996. The molecule has 1 fully saturated rings. The summed E-state index contributed by atoms with van der Waals surface area (Å²) in [6.07, 6.45) is 0.416. The molecule has 156 valence electrons. The van der Waals surface area contributed by atoms with Crippen LogP contribution in [0.5, 0.6) is 11.5 Å². The minimum atomic E-state index is -3.94. The number of nitrogens with two attached hydrogens (primary N) is 1. The number of primary sulfonamides is 1. The number of anilines is 1. The summed E-state index contributed by atoms with van der Waals surface area (Å²) in [7, 11) is -2.57. The molecule has 9 nitrogen and oxygen atoms in total. The summed E-state index contributed by atoms with van der Waals surface area (Å²) in [5.74, 6) is 0.537. The van der Waals surface area contributed by atoms with Crippen molar-refractivity contribution < 1.29 is 22.7 Å². The third-order valence-corrected chi connectivity index (χ3v) is 5.49. The number of carbonyl (C=O) groups excluding carboxylic acids is 1. The third kappa shape index (κ3) is 4.85.